The molecule has 2 aliphatic carbocycles. The first-order valence-corrected chi connectivity index (χ1v) is 18.6. The highest BCUT2D eigenvalue weighted by atomic mass is 32.2. The van der Waals surface area contributed by atoms with Crippen LogP contribution in [0.3, 0.4) is 0 Å². The van der Waals surface area contributed by atoms with E-state index in [-0.39, 0.29) is 31.7 Å². The zero-order valence-electron chi connectivity index (χ0n) is 28.2. The zero-order chi connectivity index (χ0) is 35.1. The van der Waals surface area contributed by atoms with E-state index in [1.165, 1.54) is 11.0 Å². The Hall–Kier alpha value is -4.26. The van der Waals surface area contributed by atoms with Gasteiger partial charge in [-0.25, -0.2) is 13.4 Å². The minimum absolute atomic E-state index is 0.0250. The number of nitrogens with zero attached hydrogens (tertiary/aromatic N) is 2. The van der Waals surface area contributed by atoms with E-state index < -0.39 is 68.1 Å². The van der Waals surface area contributed by atoms with Crippen molar-refractivity contribution in [1.82, 2.24) is 25.2 Å². The lowest BCUT2D eigenvalue weighted by molar-refractivity contribution is -0.144. The van der Waals surface area contributed by atoms with Gasteiger partial charge < -0.3 is 20.3 Å². The number of ether oxygens (including phenoxy) is 1. The van der Waals surface area contributed by atoms with Crippen LogP contribution >= 0.6 is 0 Å². The smallest absolute Gasteiger partial charge is 0.259 e. The SMILES string of the molecule is C=C[C@@H]1CC1(NC(=O)[C@@H]1C[C@@H]2CN1C(=O)[C@H](C(C)(C)C)NC(=O)CCCC/C=C/c1ccc3ccnc(c3c1)O2)C(=O)NS(=O)(=O)C1CC1. The molecule has 2 aliphatic heterocycles. The molecule has 5 atom stereocenters. The van der Waals surface area contributed by atoms with Crippen molar-refractivity contribution < 1.29 is 32.3 Å². The average molecular weight is 692 g/mol. The molecule has 1 aromatic carbocycles. The lowest BCUT2D eigenvalue weighted by atomic mass is 9.85. The van der Waals surface area contributed by atoms with Gasteiger partial charge in [0.1, 0.15) is 23.7 Å². The fourth-order valence-electron chi connectivity index (χ4n) is 6.72. The van der Waals surface area contributed by atoms with Gasteiger partial charge in [0, 0.05) is 30.3 Å². The Bertz CT molecular complexity index is 1820. The minimum atomic E-state index is -3.87. The number of carbonyl (C=O) groups is 4. The van der Waals surface area contributed by atoms with Gasteiger partial charge in [0.25, 0.3) is 5.91 Å². The highest BCUT2D eigenvalue weighted by Crippen LogP contribution is 2.45. The fraction of sp³-hybridized carbons (Fsp3) is 0.528. The Labute approximate surface area is 287 Å². The van der Waals surface area contributed by atoms with Gasteiger partial charge in [-0.3, -0.25) is 23.9 Å². The van der Waals surface area contributed by atoms with Crippen molar-refractivity contribution in [1.29, 1.82) is 0 Å². The van der Waals surface area contributed by atoms with Gasteiger partial charge in [0.2, 0.25) is 33.6 Å². The summed E-state index contributed by atoms with van der Waals surface area (Å²) in [5, 5.41) is 6.83. The van der Waals surface area contributed by atoms with Crippen LogP contribution in [0.2, 0.25) is 0 Å². The van der Waals surface area contributed by atoms with E-state index in [1.54, 1.807) is 6.20 Å². The molecule has 49 heavy (non-hydrogen) atoms. The molecule has 2 aromatic rings. The number of carbonyl (C=O) groups excluding carboxylic acids is 4. The van der Waals surface area contributed by atoms with E-state index in [1.807, 2.05) is 51.1 Å². The molecule has 13 heteroatoms. The van der Waals surface area contributed by atoms with E-state index in [2.05, 4.69) is 33.0 Å². The summed E-state index contributed by atoms with van der Waals surface area (Å²) >= 11 is 0. The highest BCUT2D eigenvalue weighted by molar-refractivity contribution is 7.91. The predicted molar refractivity (Wildman–Crippen MR) is 184 cm³/mol. The Morgan fingerprint density at radius 3 is 2.63 bits per heavy atom. The maximum Gasteiger partial charge on any atom is 0.259 e. The Morgan fingerprint density at radius 2 is 1.94 bits per heavy atom. The van der Waals surface area contributed by atoms with Crippen molar-refractivity contribution in [3.63, 3.8) is 0 Å². The lowest BCUT2D eigenvalue weighted by Gasteiger charge is -2.35. The van der Waals surface area contributed by atoms with Crippen molar-refractivity contribution in [3.05, 3.63) is 54.8 Å². The summed E-state index contributed by atoms with van der Waals surface area (Å²) in [5.74, 6) is -2.27. The second-order valence-corrected chi connectivity index (χ2v) is 16.7. The summed E-state index contributed by atoms with van der Waals surface area (Å²) in [7, 11) is -3.87. The number of allylic oxidation sites excluding steroid dienone is 1. The van der Waals surface area contributed by atoms with Gasteiger partial charge in [-0.2, -0.15) is 0 Å². The molecular weight excluding hydrogens is 646 g/mol. The molecule has 262 valence electrons. The van der Waals surface area contributed by atoms with E-state index in [9.17, 15) is 27.6 Å². The number of amides is 4. The molecule has 0 spiro atoms. The topological polar surface area (TPSA) is 164 Å². The standard InChI is InChI=1S/C36H45N5O7S/c1-5-24-20-36(24,34(45)40-49(46,47)26-14-15-26)39-31(43)28-19-25-21-41(28)33(44)30(35(2,3)4)38-29(42)11-9-7-6-8-10-22-12-13-23-16-17-37-32(48-25)27(23)18-22/h5,8,10,12-13,16-18,24-26,28,30H,1,6-7,9,11,14-15,19-21H2,2-4H3,(H,38,42)(H,39,43)(H,40,45)/b10-8+/t24-,25-,28+,30-,36?/m1/s1. The second kappa shape index (κ2) is 13.2. The van der Waals surface area contributed by atoms with Crippen LogP contribution in [-0.4, -0.2) is 77.5 Å². The number of rotatable bonds is 6. The van der Waals surface area contributed by atoms with E-state index in [0.717, 1.165) is 29.2 Å². The molecule has 1 saturated heterocycles. The number of pyridine rings is 1. The third kappa shape index (κ3) is 7.36. The predicted octanol–water partition coefficient (Wildman–Crippen LogP) is 3.37. The number of benzene rings is 1. The van der Waals surface area contributed by atoms with E-state index in [4.69, 9.17) is 4.74 Å². The third-order valence-electron chi connectivity index (χ3n) is 9.88. The Balaban J connectivity index is 1.33. The highest BCUT2D eigenvalue weighted by Gasteiger charge is 2.62. The van der Waals surface area contributed by atoms with E-state index in [0.29, 0.717) is 25.1 Å². The first-order chi connectivity index (χ1) is 23.2. The van der Waals surface area contributed by atoms with Crippen molar-refractivity contribution in [3.8, 4) is 5.88 Å². The van der Waals surface area contributed by atoms with Gasteiger partial charge in [0.05, 0.1) is 11.8 Å². The molecule has 4 amide bonds. The molecule has 4 bridgehead atoms. The summed E-state index contributed by atoms with van der Waals surface area (Å²) in [6.07, 6.45) is 10.3. The molecule has 3 N–H and O–H groups in total. The van der Waals surface area contributed by atoms with Crippen LogP contribution in [0.15, 0.2) is 49.2 Å². The quantitative estimate of drug-likeness (QED) is 0.389. The molecule has 3 heterocycles. The number of sulfonamides is 1. The van der Waals surface area contributed by atoms with Crippen LogP contribution in [0, 0.1) is 11.3 Å². The number of aromatic nitrogens is 1. The summed E-state index contributed by atoms with van der Waals surface area (Å²) in [5.41, 5.74) is -1.25. The lowest BCUT2D eigenvalue weighted by Crippen LogP contribution is -2.60. The first kappa shape index (κ1) is 34.6. The number of fused-ring (bicyclic) bond motifs is 3. The van der Waals surface area contributed by atoms with Gasteiger partial charge in [-0.05, 0) is 67.0 Å². The van der Waals surface area contributed by atoms with Crippen LogP contribution < -0.4 is 20.1 Å². The monoisotopic (exact) mass is 691 g/mol. The van der Waals surface area contributed by atoms with Gasteiger partial charge in [-0.15, -0.1) is 6.58 Å². The van der Waals surface area contributed by atoms with Crippen LogP contribution in [-0.2, 0) is 29.2 Å². The second-order valence-electron chi connectivity index (χ2n) is 14.8. The third-order valence-corrected chi connectivity index (χ3v) is 11.7. The Kier molecular flexibility index (Phi) is 9.33. The molecule has 12 nitrogen and oxygen atoms in total. The summed E-state index contributed by atoms with van der Waals surface area (Å²) in [6.45, 7) is 9.35. The molecule has 4 aliphatic rings. The van der Waals surface area contributed by atoms with Crippen LogP contribution in [0.1, 0.15) is 77.7 Å². The minimum Gasteiger partial charge on any atom is -0.472 e. The summed E-state index contributed by atoms with van der Waals surface area (Å²) < 4.78 is 33.9. The van der Waals surface area contributed by atoms with Crippen LogP contribution in [0.4, 0.5) is 0 Å². The first-order valence-electron chi connectivity index (χ1n) is 17.0. The zero-order valence-corrected chi connectivity index (χ0v) is 29.1. The van der Waals surface area contributed by atoms with Crippen molar-refractivity contribution in [2.75, 3.05) is 6.54 Å². The molecule has 3 fully saturated rings. The van der Waals surface area contributed by atoms with Crippen LogP contribution in [0.5, 0.6) is 5.88 Å². The van der Waals surface area contributed by atoms with E-state index >= 15 is 0 Å². The number of hydrogen-bond donors (Lipinski definition) is 3. The normalized spacial score (nSPS) is 28.5. The summed E-state index contributed by atoms with van der Waals surface area (Å²) in [4.78, 5) is 61.1. The van der Waals surface area contributed by atoms with Crippen molar-refractivity contribution in [2.24, 2.45) is 11.3 Å². The molecular formula is C36H45N5O7S. The molecule has 0 radical (unpaired) electrons. The van der Waals surface area contributed by atoms with Crippen molar-refractivity contribution in [2.45, 2.75) is 101 Å². The van der Waals surface area contributed by atoms with Gasteiger partial charge >= 0.3 is 0 Å². The fourth-order valence-corrected chi connectivity index (χ4v) is 8.09. The maximum absolute atomic E-state index is 14.4. The Morgan fingerprint density at radius 1 is 1.16 bits per heavy atom. The average Bonchev–Trinajstić information content (AvgIpc) is 3.97. The number of hydrogen-bond acceptors (Lipinski definition) is 8. The van der Waals surface area contributed by atoms with Gasteiger partial charge in [-0.1, -0.05) is 51.1 Å². The maximum atomic E-state index is 14.4. The van der Waals surface area contributed by atoms with Gasteiger partial charge in [0.15, 0.2) is 0 Å². The molecule has 6 rings (SSSR count). The molecule has 2 saturated carbocycles. The summed E-state index contributed by atoms with van der Waals surface area (Å²) in [6, 6.07) is 5.84. The largest absolute Gasteiger partial charge is 0.472 e. The molecule has 1 unspecified atom stereocenters. The molecule has 1 aromatic heterocycles. The van der Waals surface area contributed by atoms with Crippen LogP contribution in [0.25, 0.3) is 16.8 Å². The number of nitrogens with one attached hydrogen (secondary N) is 3. The van der Waals surface area contributed by atoms with Crippen molar-refractivity contribution >= 4 is 50.5 Å².